The molecule has 180 valence electrons. The number of ether oxygens (including phenoxy) is 1. The maximum absolute atomic E-state index is 12.0. The summed E-state index contributed by atoms with van der Waals surface area (Å²) in [5.74, 6) is 2.18. The number of phosphoric ester groups is 1. The van der Waals surface area contributed by atoms with Crippen LogP contribution in [0.3, 0.4) is 0 Å². The third-order valence-electron chi connectivity index (χ3n) is 4.22. The van der Waals surface area contributed by atoms with E-state index in [2.05, 4.69) is 31.6 Å². The molecular formula is C14H21N2O13P3. The summed E-state index contributed by atoms with van der Waals surface area (Å²) in [5, 5.41) is 23.7. The fraction of sp³-hybridized carbons (Fsp3) is 0.429. The average molecular weight is 518 g/mol. The van der Waals surface area contributed by atoms with Gasteiger partial charge in [-0.15, -0.1) is 6.42 Å². The van der Waals surface area contributed by atoms with E-state index in [-0.39, 0.29) is 5.82 Å². The maximum atomic E-state index is 12.0. The SMILES string of the molecule is C#C[C@]1(COP(=O)(O)OP(=O)(O)OP(=O)(O)O)O[C@@H](N2C=C(C)C(=C)NC2=C)C(O)[C@H]1O. The number of allylic oxidation sites excluding steroid dienone is 1. The van der Waals surface area contributed by atoms with E-state index in [1.54, 1.807) is 6.92 Å². The standard InChI is InChI=1S/C14H21N2O13P3/c1-5-14(7-26-31(22,23)29-32(24,25)28-30(19,20)21)12(18)11(17)13(27-14)16-6-8(2)9(3)15-10(16)4/h1,6,11-13,15,17-18H,3-4,7H2,2H3,(H,22,23)(H,24,25)(H2,19,20,21)/t11?,12-,13-,14-/m1/s1. The average Bonchev–Trinajstić information content (AvgIpc) is 2.85. The Morgan fingerprint density at radius 1 is 1.22 bits per heavy atom. The monoisotopic (exact) mass is 518 g/mol. The molecule has 32 heavy (non-hydrogen) atoms. The van der Waals surface area contributed by atoms with Crippen molar-refractivity contribution in [3.8, 4) is 12.3 Å². The second-order valence-corrected chi connectivity index (χ2v) is 11.0. The van der Waals surface area contributed by atoms with Gasteiger partial charge in [0.15, 0.2) is 11.8 Å². The normalized spacial score (nSPS) is 32.5. The van der Waals surface area contributed by atoms with Gasteiger partial charge in [-0.05, 0) is 12.5 Å². The summed E-state index contributed by atoms with van der Waals surface area (Å²) in [6, 6.07) is 0. The number of nitrogens with one attached hydrogen (secondary N) is 1. The Bertz CT molecular complexity index is 1020. The van der Waals surface area contributed by atoms with Gasteiger partial charge in [0.25, 0.3) is 0 Å². The van der Waals surface area contributed by atoms with Gasteiger partial charge in [-0.1, -0.05) is 19.1 Å². The highest BCUT2D eigenvalue weighted by Gasteiger charge is 2.57. The molecule has 7 N–H and O–H groups in total. The Labute approximate surface area is 182 Å². The highest BCUT2D eigenvalue weighted by molar-refractivity contribution is 7.66. The molecule has 0 aromatic rings. The summed E-state index contributed by atoms with van der Waals surface area (Å²) in [5.41, 5.74) is -1.13. The maximum Gasteiger partial charge on any atom is 0.490 e. The highest BCUT2D eigenvalue weighted by atomic mass is 31.3. The second kappa shape index (κ2) is 9.13. The molecule has 0 bridgehead atoms. The molecule has 0 aromatic heterocycles. The van der Waals surface area contributed by atoms with E-state index in [9.17, 15) is 33.7 Å². The third kappa shape index (κ3) is 6.17. The summed E-state index contributed by atoms with van der Waals surface area (Å²) >= 11 is 0. The predicted molar refractivity (Wildman–Crippen MR) is 105 cm³/mol. The molecule has 2 heterocycles. The van der Waals surface area contributed by atoms with Crippen molar-refractivity contribution >= 4 is 23.5 Å². The van der Waals surface area contributed by atoms with E-state index >= 15 is 0 Å². The molecule has 6 atom stereocenters. The van der Waals surface area contributed by atoms with Crippen molar-refractivity contribution in [3.05, 3.63) is 36.4 Å². The Hall–Kier alpha value is -1.33. The molecule has 0 saturated carbocycles. The van der Waals surface area contributed by atoms with Crippen LogP contribution in [-0.4, -0.2) is 65.3 Å². The molecule has 3 unspecified atom stereocenters. The molecule has 2 rings (SSSR count). The zero-order valence-corrected chi connectivity index (χ0v) is 19.0. The van der Waals surface area contributed by atoms with Crippen LogP contribution in [0.15, 0.2) is 36.4 Å². The van der Waals surface area contributed by atoms with Gasteiger partial charge in [0.05, 0.1) is 0 Å². The minimum absolute atomic E-state index is 0.192. The molecular weight excluding hydrogens is 497 g/mol. The number of hydrogen-bond acceptors (Lipinski definition) is 11. The Balaban J connectivity index is 2.20. The summed E-state index contributed by atoms with van der Waals surface area (Å²) < 4.78 is 51.2. The number of nitrogens with zero attached hydrogens (tertiary/aromatic N) is 1. The molecule has 0 spiro atoms. The first-order valence-corrected chi connectivity index (χ1v) is 12.9. The van der Waals surface area contributed by atoms with E-state index in [0.717, 1.165) is 0 Å². The molecule has 1 fully saturated rings. The predicted octanol–water partition coefficient (Wildman–Crippen LogP) is -0.426. The summed E-state index contributed by atoms with van der Waals surface area (Å²) in [6.07, 6.45) is 1.93. The van der Waals surface area contributed by atoms with E-state index in [4.69, 9.17) is 20.9 Å². The largest absolute Gasteiger partial charge is 0.490 e. The Morgan fingerprint density at radius 2 is 1.81 bits per heavy atom. The van der Waals surface area contributed by atoms with Crippen molar-refractivity contribution < 1.29 is 61.4 Å². The van der Waals surface area contributed by atoms with E-state index in [1.165, 1.54) is 11.1 Å². The lowest BCUT2D eigenvalue weighted by Crippen LogP contribution is -2.46. The van der Waals surface area contributed by atoms with Gasteiger partial charge in [0.2, 0.25) is 0 Å². The third-order valence-corrected chi connectivity index (χ3v) is 8.00. The van der Waals surface area contributed by atoms with Crippen molar-refractivity contribution in [2.45, 2.75) is 31.0 Å². The number of phosphoric acid groups is 3. The molecule has 1 saturated heterocycles. The molecule has 18 heteroatoms. The lowest BCUT2D eigenvalue weighted by Gasteiger charge is -2.36. The van der Waals surface area contributed by atoms with Crippen molar-refractivity contribution in [1.29, 1.82) is 0 Å². The van der Waals surface area contributed by atoms with Crippen molar-refractivity contribution in [2.24, 2.45) is 0 Å². The van der Waals surface area contributed by atoms with Crippen LogP contribution in [0.2, 0.25) is 0 Å². The molecule has 0 amide bonds. The summed E-state index contributed by atoms with van der Waals surface area (Å²) in [6.45, 7) is 7.99. The topological polar surface area (TPSA) is 225 Å². The minimum Gasteiger partial charge on any atom is -0.386 e. The zero-order chi connectivity index (χ0) is 24.7. The van der Waals surface area contributed by atoms with Crippen molar-refractivity contribution in [1.82, 2.24) is 10.2 Å². The summed E-state index contributed by atoms with van der Waals surface area (Å²) in [7, 11) is -16.9. The smallest absolute Gasteiger partial charge is 0.386 e. The van der Waals surface area contributed by atoms with Gasteiger partial charge in [-0.25, -0.2) is 13.7 Å². The minimum atomic E-state index is -5.76. The molecule has 15 nitrogen and oxygen atoms in total. The quantitative estimate of drug-likeness (QED) is 0.160. The van der Waals surface area contributed by atoms with Gasteiger partial charge in [-0.3, -0.25) is 4.52 Å². The molecule has 0 radical (unpaired) electrons. The first-order valence-electron chi connectivity index (χ1n) is 8.34. The van der Waals surface area contributed by atoms with Crippen LogP contribution in [-0.2, 0) is 31.6 Å². The number of rotatable bonds is 8. The number of terminal acetylenes is 1. The fourth-order valence-electron chi connectivity index (χ4n) is 2.70. The van der Waals surface area contributed by atoms with Crippen LogP contribution in [0.1, 0.15) is 6.92 Å². The highest BCUT2D eigenvalue weighted by Crippen LogP contribution is 2.66. The number of hydrogen-bond donors (Lipinski definition) is 7. The second-order valence-electron chi connectivity index (χ2n) is 6.61. The first-order chi connectivity index (χ1) is 14.4. The Morgan fingerprint density at radius 3 is 2.34 bits per heavy atom. The molecule has 2 aliphatic heterocycles. The van der Waals surface area contributed by atoms with Gasteiger partial charge >= 0.3 is 23.5 Å². The molecule has 0 aliphatic carbocycles. The van der Waals surface area contributed by atoms with Crippen LogP contribution in [0.5, 0.6) is 0 Å². The van der Waals surface area contributed by atoms with Crippen LogP contribution >= 0.6 is 23.5 Å². The van der Waals surface area contributed by atoms with Gasteiger partial charge in [0.1, 0.15) is 24.6 Å². The van der Waals surface area contributed by atoms with Crippen LogP contribution in [0.25, 0.3) is 0 Å². The molecule has 2 aliphatic rings. The van der Waals surface area contributed by atoms with Crippen molar-refractivity contribution in [3.63, 3.8) is 0 Å². The first kappa shape index (κ1) is 26.9. The van der Waals surface area contributed by atoms with E-state index in [0.29, 0.717) is 11.3 Å². The van der Waals surface area contributed by atoms with E-state index < -0.39 is 54.1 Å². The Kier molecular flexibility index (Phi) is 7.68. The molecule has 0 aromatic carbocycles. The van der Waals surface area contributed by atoms with Gasteiger partial charge in [-0.2, -0.15) is 8.62 Å². The van der Waals surface area contributed by atoms with E-state index in [1.807, 2.05) is 5.92 Å². The summed E-state index contributed by atoms with van der Waals surface area (Å²) in [4.78, 5) is 37.2. The van der Waals surface area contributed by atoms with Crippen LogP contribution in [0.4, 0.5) is 0 Å². The van der Waals surface area contributed by atoms with Gasteiger partial charge in [0, 0.05) is 11.9 Å². The number of aliphatic hydroxyl groups is 2. The zero-order valence-electron chi connectivity index (χ0n) is 16.3. The lowest BCUT2D eigenvalue weighted by atomic mass is 9.97. The van der Waals surface area contributed by atoms with Crippen molar-refractivity contribution in [2.75, 3.05) is 6.61 Å². The number of aliphatic hydroxyl groups excluding tert-OH is 2. The van der Waals surface area contributed by atoms with Gasteiger partial charge < -0.3 is 44.7 Å². The lowest BCUT2D eigenvalue weighted by molar-refractivity contribution is -0.102. The van der Waals surface area contributed by atoms with Crippen LogP contribution in [0, 0.1) is 12.3 Å². The fourth-order valence-corrected chi connectivity index (χ4v) is 5.75. The van der Waals surface area contributed by atoms with Crippen LogP contribution < -0.4 is 5.32 Å².